The first kappa shape index (κ1) is 15.3. The Morgan fingerprint density at radius 3 is 2.57 bits per heavy atom. The number of rotatable bonds is 3. The summed E-state index contributed by atoms with van der Waals surface area (Å²) in [6, 6.07) is 14.0. The average Bonchev–Trinajstić information content (AvgIpc) is 2.44. The van der Waals surface area contributed by atoms with Crippen molar-refractivity contribution in [1.82, 2.24) is 0 Å². The second-order valence-corrected chi connectivity index (χ2v) is 5.64. The van der Waals surface area contributed by atoms with Gasteiger partial charge < -0.3 is 4.90 Å². The highest BCUT2D eigenvalue weighted by Gasteiger charge is 2.05. The molecule has 4 heteroatoms. The number of halogens is 2. The molecule has 2 rings (SSSR count). The molecule has 0 heterocycles. The van der Waals surface area contributed by atoms with Gasteiger partial charge in [0, 0.05) is 18.6 Å². The van der Waals surface area contributed by atoms with E-state index in [0.29, 0.717) is 11.1 Å². The van der Waals surface area contributed by atoms with Gasteiger partial charge in [0.1, 0.15) is 5.82 Å². The van der Waals surface area contributed by atoms with Crippen molar-refractivity contribution in [3.63, 3.8) is 0 Å². The van der Waals surface area contributed by atoms with Crippen molar-refractivity contribution in [3.8, 4) is 6.07 Å². The van der Waals surface area contributed by atoms with Crippen LogP contribution in [-0.2, 0) is 0 Å². The highest BCUT2D eigenvalue weighted by atomic mass is 79.9. The molecule has 0 fully saturated rings. The number of benzene rings is 2. The van der Waals surface area contributed by atoms with Crippen LogP contribution in [0.3, 0.4) is 0 Å². The smallest absolute Gasteiger partial charge is 0.123 e. The summed E-state index contributed by atoms with van der Waals surface area (Å²) in [4.78, 5) is 2.00. The van der Waals surface area contributed by atoms with Gasteiger partial charge in [0.2, 0.25) is 0 Å². The number of nitrogens with zero attached hydrogens (tertiary/aromatic N) is 2. The molecule has 0 saturated carbocycles. The van der Waals surface area contributed by atoms with Crippen molar-refractivity contribution in [2.75, 3.05) is 19.0 Å². The number of hydrogen-bond donors (Lipinski definition) is 0. The quantitative estimate of drug-likeness (QED) is 0.595. The van der Waals surface area contributed by atoms with Gasteiger partial charge in [-0.3, -0.25) is 0 Å². The molecule has 2 nitrogen and oxygen atoms in total. The van der Waals surface area contributed by atoms with E-state index in [1.165, 1.54) is 12.1 Å². The van der Waals surface area contributed by atoms with Crippen LogP contribution in [0, 0.1) is 17.1 Å². The molecular weight excluding hydrogens is 331 g/mol. The zero-order valence-electron chi connectivity index (χ0n) is 11.8. The van der Waals surface area contributed by atoms with Crippen molar-refractivity contribution in [2.45, 2.75) is 0 Å². The minimum atomic E-state index is -0.349. The van der Waals surface area contributed by atoms with Crippen LogP contribution < -0.4 is 4.90 Å². The maximum atomic E-state index is 13.3. The van der Waals surface area contributed by atoms with Crippen molar-refractivity contribution in [2.24, 2.45) is 0 Å². The van der Waals surface area contributed by atoms with Crippen LogP contribution in [0.2, 0.25) is 0 Å². The van der Waals surface area contributed by atoms with Crippen LogP contribution >= 0.6 is 15.9 Å². The van der Waals surface area contributed by atoms with Crippen molar-refractivity contribution in [3.05, 3.63) is 63.9 Å². The summed E-state index contributed by atoms with van der Waals surface area (Å²) in [6.45, 7) is 0. The van der Waals surface area contributed by atoms with Crippen LogP contribution in [0.15, 0.2) is 46.9 Å². The highest BCUT2D eigenvalue weighted by Crippen LogP contribution is 2.27. The minimum absolute atomic E-state index is 0.349. The van der Waals surface area contributed by atoms with Crippen LogP contribution in [0.25, 0.3) is 11.6 Å². The summed E-state index contributed by atoms with van der Waals surface area (Å²) in [5.41, 5.74) is 2.94. The predicted molar refractivity (Wildman–Crippen MR) is 88.4 cm³/mol. The Bertz CT molecular complexity index is 730. The molecule has 0 spiro atoms. The van der Waals surface area contributed by atoms with Crippen LogP contribution in [0.4, 0.5) is 10.1 Å². The van der Waals surface area contributed by atoms with Gasteiger partial charge in [-0.1, -0.05) is 18.2 Å². The Kier molecular flexibility index (Phi) is 4.77. The summed E-state index contributed by atoms with van der Waals surface area (Å²) in [7, 11) is 3.92. The second kappa shape index (κ2) is 6.55. The van der Waals surface area contributed by atoms with E-state index in [2.05, 4.69) is 22.0 Å². The molecular formula is C17H14BrFN2. The lowest BCUT2D eigenvalue weighted by Crippen LogP contribution is -2.09. The van der Waals surface area contributed by atoms with E-state index >= 15 is 0 Å². The molecule has 2 aromatic carbocycles. The van der Waals surface area contributed by atoms with E-state index in [4.69, 9.17) is 0 Å². The topological polar surface area (TPSA) is 27.0 Å². The molecule has 0 N–H and O–H groups in total. The maximum absolute atomic E-state index is 13.3. The van der Waals surface area contributed by atoms with E-state index in [0.717, 1.165) is 15.7 Å². The van der Waals surface area contributed by atoms with E-state index in [9.17, 15) is 9.65 Å². The molecule has 0 amide bonds. The third-order valence-electron chi connectivity index (χ3n) is 3.02. The van der Waals surface area contributed by atoms with Crippen molar-refractivity contribution < 1.29 is 4.39 Å². The fraction of sp³-hybridized carbons (Fsp3) is 0.118. The third kappa shape index (κ3) is 3.71. The second-order valence-electron chi connectivity index (χ2n) is 4.79. The van der Waals surface area contributed by atoms with Crippen LogP contribution in [-0.4, -0.2) is 14.1 Å². The highest BCUT2D eigenvalue weighted by molar-refractivity contribution is 9.10. The zero-order chi connectivity index (χ0) is 15.4. The van der Waals surface area contributed by atoms with Crippen LogP contribution in [0.1, 0.15) is 11.1 Å². The van der Waals surface area contributed by atoms with Gasteiger partial charge in [-0.25, -0.2) is 4.39 Å². The van der Waals surface area contributed by atoms with Gasteiger partial charge in [0.05, 0.1) is 17.3 Å². The Morgan fingerprint density at radius 2 is 2.00 bits per heavy atom. The number of allylic oxidation sites excluding steroid dienone is 1. The Hall–Kier alpha value is -2.12. The lowest BCUT2D eigenvalue weighted by Gasteiger charge is -2.14. The SMILES string of the molecule is CN(C)c1ccc(C=C(C#N)c2cccc(F)c2)cc1Br. The average molecular weight is 345 g/mol. The molecule has 0 aliphatic rings. The van der Waals surface area contributed by atoms with Crippen LogP contribution in [0.5, 0.6) is 0 Å². The summed E-state index contributed by atoms with van der Waals surface area (Å²) in [5.74, 6) is -0.349. The monoisotopic (exact) mass is 344 g/mol. The van der Waals surface area contributed by atoms with Gasteiger partial charge in [0.15, 0.2) is 0 Å². The standard InChI is InChI=1S/C17H14BrFN2/c1-21(2)17-7-6-12(9-16(17)18)8-14(11-20)13-4-3-5-15(19)10-13/h3-10H,1-2H3. The number of anilines is 1. The van der Waals surface area contributed by atoms with Crippen molar-refractivity contribution in [1.29, 1.82) is 5.26 Å². The molecule has 0 aromatic heterocycles. The molecule has 0 aliphatic carbocycles. The minimum Gasteiger partial charge on any atom is -0.377 e. The summed E-state index contributed by atoms with van der Waals surface area (Å²) >= 11 is 3.51. The molecule has 0 aliphatic heterocycles. The van der Waals surface area contributed by atoms with Gasteiger partial charge in [-0.2, -0.15) is 5.26 Å². The summed E-state index contributed by atoms with van der Waals surface area (Å²) < 4.78 is 14.2. The third-order valence-corrected chi connectivity index (χ3v) is 3.66. The summed E-state index contributed by atoms with van der Waals surface area (Å²) in [5, 5.41) is 9.28. The van der Waals surface area contributed by atoms with Gasteiger partial charge in [0.25, 0.3) is 0 Å². The van der Waals surface area contributed by atoms with Gasteiger partial charge in [-0.15, -0.1) is 0 Å². The first-order valence-electron chi connectivity index (χ1n) is 6.36. The largest absolute Gasteiger partial charge is 0.377 e. The van der Waals surface area contributed by atoms with Crippen molar-refractivity contribution >= 4 is 33.3 Å². The molecule has 0 atom stereocenters. The molecule has 21 heavy (non-hydrogen) atoms. The molecule has 106 valence electrons. The maximum Gasteiger partial charge on any atom is 0.123 e. The first-order valence-corrected chi connectivity index (χ1v) is 7.15. The fourth-order valence-electron chi connectivity index (χ4n) is 1.98. The molecule has 0 bridgehead atoms. The first-order chi connectivity index (χ1) is 10.0. The lowest BCUT2D eigenvalue weighted by atomic mass is 10.0. The lowest BCUT2D eigenvalue weighted by molar-refractivity contribution is 0.627. The van der Waals surface area contributed by atoms with Gasteiger partial charge in [-0.05, 0) is 57.4 Å². The van der Waals surface area contributed by atoms with Gasteiger partial charge >= 0.3 is 0 Å². The Morgan fingerprint density at radius 1 is 1.24 bits per heavy atom. The number of nitriles is 1. The summed E-state index contributed by atoms with van der Waals surface area (Å²) in [6.07, 6.45) is 1.75. The number of hydrogen-bond acceptors (Lipinski definition) is 2. The van der Waals surface area contributed by atoms with E-state index in [1.807, 2.05) is 37.2 Å². The molecule has 0 radical (unpaired) electrons. The fourth-order valence-corrected chi connectivity index (χ4v) is 2.73. The molecule has 0 saturated heterocycles. The predicted octanol–water partition coefficient (Wildman–Crippen LogP) is 4.72. The van der Waals surface area contributed by atoms with E-state index in [1.54, 1.807) is 18.2 Å². The van der Waals surface area contributed by atoms with E-state index in [-0.39, 0.29) is 5.82 Å². The Labute approximate surface area is 132 Å². The zero-order valence-corrected chi connectivity index (χ0v) is 13.4. The van der Waals surface area contributed by atoms with E-state index < -0.39 is 0 Å². The molecule has 2 aromatic rings. The molecule has 0 unspecified atom stereocenters. The normalized spacial score (nSPS) is 11.1. The Balaban J connectivity index is 2.42.